The third-order valence-electron chi connectivity index (χ3n) is 5.51. The van der Waals surface area contributed by atoms with E-state index in [4.69, 9.17) is 27.1 Å². The number of benzene rings is 2. The summed E-state index contributed by atoms with van der Waals surface area (Å²) >= 11 is 6.13. The van der Waals surface area contributed by atoms with E-state index < -0.39 is 6.04 Å². The standard InChI is InChI=1S/C23H25ClN6O2/c1-14-27-28-23-19(13-21(31)29(2)11-10-25)26-22(15-4-6-16(24)7-5-15)18-12-17(32-3)8-9-20(18)30(14)23/h4-9,12,19H,10-11,13,25H2,1-3H3. The van der Waals surface area contributed by atoms with E-state index in [1.165, 1.54) is 0 Å². The number of aromatic nitrogens is 3. The minimum atomic E-state index is -0.520. The first kappa shape index (κ1) is 22.0. The first-order chi connectivity index (χ1) is 15.4. The second-order valence-electron chi connectivity index (χ2n) is 7.63. The highest BCUT2D eigenvalue weighted by molar-refractivity contribution is 6.30. The Balaban J connectivity index is 1.91. The van der Waals surface area contributed by atoms with Crippen LogP contribution in [0.2, 0.25) is 5.02 Å². The van der Waals surface area contributed by atoms with Crippen molar-refractivity contribution in [2.45, 2.75) is 19.4 Å². The second kappa shape index (κ2) is 9.10. The summed E-state index contributed by atoms with van der Waals surface area (Å²) < 4.78 is 7.45. The maximum Gasteiger partial charge on any atom is 0.224 e. The first-order valence-corrected chi connectivity index (χ1v) is 10.7. The Morgan fingerprint density at radius 2 is 1.97 bits per heavy atom. The molecule has 9 heteroatoms. The molecule has 1 amide bonds. The smallest absolute Gasteiger partial charge is 0.224 e. The van der Waals surface area contributed by atoms with Gasteiger partial charge in [-0.1, -0.05) is 23.7 Å². The minimum Gasteiger partial charge on any atom is -0.497 e. The zero-order chi connectivity index (χ0) is 22.8. The van der Waals surface area contributed by atoms with Crippen molar-refractivity contribution < 1.29 is 9.53 Å². The Kier molecular flexibility index (Phi) is 6.25. The molecule has 166 valence electrons. The molecular weight excluding hydrogens is 428 g/mol. The number of halogens is 1. The van der Waals surface area contributed by atoms with Crippen LogP contribution >= 0.6 is 11.6 Å². The summed E-state index contributed by atoms with van der Waals surface area (Å²) in [5, 5.41) is 9.31. The maximum absolute atomic E-state index is 12.9. The van der Waals surface area contributed by atoms with Crippen molar-refractivity contribution in [3.8, 4) is 11.4 Å². The van der Waals surface area contributed by atoms with Gasteiger partial charge in [0.25, 0.3) is 0 Å². The Bertz CT molecular complexity index is 1170. The quantitative estimate of drug-likeness (QED) is 0.620. The molecule has 0 bridgehead atoms. The maximum atomic E-state index is 12.9. The van der Waals surface area contributed by atoms with E-state index in [0.29, 0.717) is 35.5 Å². The van der Waals surface area contributed by atoms with Crippen molar-refractivity contribution in [1.29, 1.82) is 0 Å². The summed E-state index contributed by atoms with van der Waals surface area (Å²) in [5.74, 6) is 1.98. The summed E-state index contributed by atoms with van der Waals surface area (Å²) in [4.78, 5) is 19.6. The van der Waals surface area contributed by atoms with E-state index in [0.717, 1.165) is 22.5 Å². The average Bonchev–Trinajstić information content (AvgIpc) is 3.11. The summed E-state index contributed by atoms with van der Waals surface area (Å²) in [5.41, 5.74) is 8.99. The van der Waals surface area contributed by atoms with E-state index in [2.05, 4.69) is 10.2 Å². The zero-order valence-electron chi connectivity index (χ0n) is 18.2. The SMILES string of the molecule is COc1ccc2c(c1)C(c1ccc(Cl)cc1)=NC(CC(=O)N(C)CCN)c1nnc(C)n1-2. The van der Waals surface area contributed by atoms with Gasteiger partial charge in [-0.05, 0) is 37.3 Å². The van der Waals surface area contributed by atoms with Crippen LogP contribution in [0.25, 0.3) is 5.69 Å². The summed E-state index contributed by atoms with van der Waals surface area (Å²) in [6.45, 7) is 2.76. The van der Waals surface area contributed by atoms with E-state index in [1.807, 2.05) is 54.0 Å². The zero-order valence-corrected chi connectivity index (χ0v) is 19.0. The first-order valence-electron chi connectivity index (χ1n) is 10.3. The fourth-order valence-corrected chi connectivity index (χ4v) is 3.94. The van der Waals surface area contributed by atoms with Crippen LogP contribution in [0.5, 0.6) is 5.75 Å². The molecule has 1 aliphatic heterocycles. The van der Waals surface area contributed by atoms with Gasteiger partial charge in [0.1, 0.15) is 17.6 Å². The molecule has 8 nitrogen and oxygen atoms in total. The lowest BCUT2D eigenvalue weighted by atomic mass is 10.00. The van der Waals surface area contributed by atoms with Crippen LogP contribution in [0.4, 0.5) is 0 Å². The predicted octanol–water partition coefficient (Wildman–Crippen LogP) is 2.94. The van der Waals surface area contributed by atoms with Crippen LogP contribution in [0.3, 0.4) is 0 Å². The third-order valence-corrected chi connectivity index (χ3v) is 5.76. The molecule has 1 aromatic heterocycles. The fraction of sp³-hybridized carbons (Fsp3) is 0.304. The van der Waals surface area contributed by atoms with E-state index in [1.54, 1.807) is 19.1 Å². The highest BCUT2D eigenvalue weighted by Gasteiger charge is 2.30. The number of nitrogens with zero attached hydrogens (tertiary/aromatic N) is 5. The van der Waals surface area contributed by atoms with Crippen molar-refractivity contribution in [2.75, 3.05) is 27.2 Å². The summed E-state index contributed by atoms with van der Waals surface area (Å²) in [6, 6.07) is 12.8. The Morgan fingerprint density at radius 3 is 2.66 bits per heavy atom. The lowest BCUT2D eigenvalue weighted by Gasteiger charge is -2.19. The van der Waals surface area contributed by atoms with E-state index >= 15 is 0 Å². The van der Waals surface area contributed by atoms with Crippen LogP contribution in [0.15, 0.2) is 47.5 Å². The van der Waals surface area contributed by atoms with Crippen LogP contribution in [-0.4, -0.2) is 58.5 Å². The second-order valence-corrected chi connectivity index (χ2v) is 8.07. The molecular formula is C23H25ClN6O2. The van der Waals surface area contributed by atoms with Gasteiger partial charge in [-0.2, -0.15) is 0 Å². The summed E-state index contributed by atoms with van der Waals surface area (Å²) in [6.07, 6.45) is 0.150. The lowest BCUT2D eigenvalue weighted by Crippen LogP contribution is -2.32. The largest absolute Gasteiger partial charge is 0.497 e. The van der Waals surface area contributed by atoms with Crippen LogP contribution in [0, 0.1) is 6.92 Å². The number of aliphatic imine (C=N–C) groups is 1. The number of rotatable bonds is 6. The van der Waals surface area contributed by atoms with Crippen LogP contribution < -0.4 is 10.5 Å². The molecule has 1 atom stereocenters. The topological polar surface area (TPSA) is 98.6 Å². The monoisotopic (exact) mass is 452 g/mol. The molecule has 4 rings (SSSR count). The molecule has 0 fully saturated rings. The van der Waals surface area contributed by atoms with Crippen LogP contribution in [-0.2, 0) is 4.79 Å². The van der Waals surface area contributed by atoms with Crippen molar-refractivity contribution in [2.24, 2.45) is 10.7 Å². The minimum absolute atomic E-state index is 0.0598. The molecule has 1 aliphatic rings. The van der Waals surface area contributed by atoms with Crippen molar-refractivity contribution in [3.05, 3.63) is 70.3 Å². The Labute approximate surface area is 191 Å². The summed E-state index contributed by atoms with van der Waals surface area (Å²) in [7, 11) is 3.37. The number of carbonyl (C=O) groups is 1. The van der Waals surface area contributed by atoms with Gasteiger partial charge in [-0.15, -0.1) is 10.2 Å². The highest BCUT2D eigenvalue weighted by atomic mass is 35.5. The molecule has 0 saturated carbocycles. The van der Waals surface area contributed by atoms with Gasteiger partial charge in [-0.25, -0.2) is 0 Å². The number of fused-ring (bicyclic) bond motifs is 3. The molecule has 0 aliphatic carbocycles. The Hall–Kier alpha value is -3.23. The number of amides is 1. The predicted molar refractivity (Wildman–Crippen MR) is 124 cm³/mol. The van der Waals surface area contributed by atoms with Crippen molar-refractivity contribution >= 4 is 23.2 Å². The molecule has 2 N–H and O–H groups in total. The molecule has 2 aromatic carbocycles. The molecule has 2 heterocycles. The molecule has 0 radical (unpaired) electrons. The van der Waals surface area contributed by atoms with Crippen LogP contribution in [0.1, 0.15) is 35.2 Å². The van der Waals surface area contributed by atoms with Crippen molar-refractivity contribution in [1.82, 2.24) is 19.7 Å². The fourth-order valence-electron chi connectivity index (χ4n) is 3.82. The van der Waals surface area contributed by atoms with E-state index in [9.17, 15) is 4.79 Å². The van der Waals surface area contributed by atoms with Gasteiger partial charge in [-0.3, -0.25) is 14.4 Å². The average molecular weight is 453 g/mol. The highest BCUT2D eigenvalue weighted by Crippen LogP contribution is 2.34. The van der Waals surface area contributed by atoms with Gasteiger partial charge in [0.15, 0.2) is 5.82 Å². The van der Waals surface area contributed by atoms with Gasteiger partial charge in [0.05, 0.1) is 24.9 Å². The Morgan fingerprint density at radius 1 is 1.22 bits per heavy atom. The number of hydrogen-bond acceptors (Lipinski definition) is 6. The number of aryl methyl sites for hydroxylation is 1. The molecule has 3 aromatic rings. The van der Waals surface area contributed by atoms with Gasteiger partial charge < -0.3 is 15.4 Å². The van der Waals surface area contributed by atoms with E-state index in [-0.39, 0.29) is 12.3 Å². The molecule has 0 spiro atoms. The van der Waals surface area contributed by atoms with Crippen molar-refractivity contribution in [3.63, 3.8) is 0 Å². The number of hydrogen-bond donors (Lipinski definition) is 1. The van der Waals surface area contributed by atoms with Gasteiger partial charge in [0.2, 0.25) is 5.91 Å². The number of ether oxygens (including phenoxy) is 1. The molecule has 32 heavy (non-hydrogen) atoms. The van der Waals surface area contributed by atoms with Gasteiger partial charge in [0, 0.05) is 36.3 Å². The number of carbonyl (C=O) groups excluding carboxylic acids is 1. The molecule has 1 unspecified atom stereocenters. The lowest BCUT2D eigenvalue weighted by molar-refractivity contribution is -0.130. The number of nitrogens with two attached hydrogens (primary N) is 1. The normalized spacial score (nSPS) is 14.8. The molecule has 0 saturated heterocycles. The number of methoxy groups -OCH3 is 1. The number of likely N-dealkylation sites (N-methyl/N-ethyl adjacent to an activating group) is 1. The van der Waals surface area contributed by atoms with Gasteiger partial charge >= 0.3 is 0 Å². The third kappa shape index (κ3) is 4.11.